The van der Waals surface area contributed by atoms with Gasteiger partial charge in [0.25, 0.3) is 0 Å². The minimum atomic E-state index is -4.49. The van der Waals surface area contributed by atoms with Crippen LogP contribution >= 0.6 is 11.3 Å². The summed E-state index contributed by atoms with van der Waals surface area (Å²) in [5.41, 5.74) is 10.1. The van der Waals surface area contributed by atoms with Crippen LogP contribution in [0, 0.1) is 29.1 Å². The molecule has 7 aliphatic rings. The third-order valence-corrected chi connectivity index (χ3v) is 19.3. The second-order valence-corrected chi connectivity index (χ2v) is 26.7. The molecule has 5 atom stereocenters. The fraction of sp³-hybridized carbons (Fsp3) is 0.635. The van der Waals surface area contributed by atoms with Gasteiger partial charge in [0.05, 0.1) is 22.8 Å². The first-order chi connectivity index (χ1) is 38.3. The number of piperidine rings is 2. The summed E-state index contributed by atoms with van der Waals surface area (Å²) in [5, 5.41) is 12.6. The maximum absolute atomic E-state index is 15.0. The summed E-state index contributed by atoms with van der Waals surface area (Å²) >= 11 is 1.54. The normalized spacial score (nSPS) is 23.2. The number of aliphatic imine (C=N–C) groups is 1. The summed E-state index contributed by atoms with van der Waals surface area (Å²) in [4.78, 5) is 38.8. The van der Waals surface area contributed by atoms with Crippen molar-refractivity contribution in [3.05, 3.63) is 83.5 Å². The van der Waals surface area contributed by atoms with Crippen molar-refractivity contribution in [2.75, 3.05) is 83.9 Å². The number of amides is 1. The van der Waals surface area contributed by atoms with Crippen molar-refractivity contribution >= 4 is 40.6 Å². The van der Waals surface area contributed by atoms with Crippen LogP contribution < -0.4 is 50.5 Å². The Kier molecular flexibility index (Phi) is 20.0. The van der Waals surface area contributed by atoms with Crippen LogP contribution in [0.1, 0.15) is 115 Å². The second kappa shape index (κ2) is 26.2. The SMILES string of the molecule is C=CC1NC1C1CC1.C=NCCC(C)(C)Cc1c(-c2cc(N3CCN4CCCCC4C3)cnc2[CH-]C)n(CC(F)(F)F)c2ccc(-c3csc(CC(NC(=O)C(C(C)C)N4CCCC5(CN(C)C5)C4)C(=C)N4CCCCN4)n3)cc12.[Na+]. The number of nitrogens with one attached hydrogen (secondary N) is 3. The van der Waals surface area contributed by atoms with Crippen LogP contribution in [0.5, 0.6) is 0 Å². The third-order valence-electron chi connectivity index (χ3n) is 18.4. The number of thiazole rings is 1. The summed E-state index contributed by atoms with van der Waals surface area (Å²) in [5.74, 6) is 1.15. The molecular weight excluding hydrogens is 1050 g/mol. The molecule has 3 N–H and O–H groups in total. The number of aromatic nitrogens is 3. The fourth-order valence-corrected chi connectivity index (χ4v) is 15.0. The largest absolute Gasteiger partial charge is 1.00 e. The van der Waals surface area contributed by atoms with Gasteiger partial charge in [-0.05, 0) is 132 Å². The van der Waals surface area contributed by atoms with E-state index in [9.17, 15) is 4.79 Å². The molecule has 1 aromatic carbocycles. The Labute approximate surface area is 507 Å². The van der Waals surface area contributed by atoms with Crippen LogP contribution in [0.25, 0.3) is 33.4 Å². The number of halogens is 3. The van der Waals surface area contributed by atoms with Gasteiger partial charge in [-0.15, -0.1) is 36.5 Å². The molecule has 3 aromatic heterocycles. The van der Waals surface area contributed by atoms with Gasteiger partial charge in [-0.25, -0.2) is 16.8 Å². The number of anilines is 1. The number of hydrogen-bond acceptors (Lipinski definition) is 12. The van der Waals surface area contributed by atoms with E-state index in [1.54, 1.807) is 0 Å². The number of rotatable bonds is 20. The summed E-state index contributed by atoms with van der Waals surface area (Å²) in [7, 11) is 2.18. The minimum Gasteiger partial charge on any atom is -0.369 e. The molecule has 7 fully saturated rings. The number of benzene rings is 1. The summed E-state index contributed by atoms with van der Waals surface area (Å²) in [6.45, 7) is 31.4. The van der Waals surface area contributed by atoms with E-state index in [1.807, 2.05) is 49.2 Å². The fourth-order valence-electron chi connectivity index (χ4n) is 14.1. The Hall–Kier alpha value is -3.78. The number of carbonyl (C=O) groups is 1. The first-order valence-electron chi connectivity index (χ1n) is 30.0. The van der Waals surface area contributed by atoms with Gasteiger partial charge < -0.3 is 35.0 Å². The molecular formula is C63H90F3N12NaOS. The van der Waals surface area contributed by atoms with Crippen LogP contribution in [0.3, 0.4) is 0 Å². The summed E-state index contributed by atoms with van der Waals surface area (Å²) < 4.78 is 46.5. The summed E-state index contributed by atoms with van der Waals surface area (Å²) in [6, 6.07) is 9.19. The molecule has 0 bridgehead atoms. The second-order valence-electron chi connectivity index (χ2n) is 25.7. The third kappa shape index (κ3) is 14.7. The molecule has 1 aliphatic carbocycles. The van der Waals surface area contributed by atoms with Gasteiger partial charge in [-0.1, -0.05) is 58.5 Å². The molecule has 5 unspecified atom stereocenters. The zero-order chi connectivity index (χ0) is 56.5. The zero-order valence-electron chi connectivity index (χ0n) is 49.7. The molecule has 81 heavy (non-hydrogen) atoms. The van der Waals surface area contributed by atoms with Gasteiger partial charge in [0, 0.05) is 128 Å². The quantitative estimate of drug-likeness (QED) is 0.0271. The van der Waals surface area contributed by atoms with Gasteiger partial charge >= 0.3 is 35.7 Å². The molecule has 18 heteroatoms. The van der Waals surface area contributed by atoms with E-state index < -0.39 is 18.8 Å². The Morgan fingerprint density at radius 3 is 2.51 bits per heavy atom. The van der Waals surface area contributed by atoms with E-state index in [0.29, 0.717) is 53.9 Å². The Morgan fingerprint density at radius 1 is 1.04 bits per heavy atom. The Balaban J connectivity index is 0.000000802. The number of pyridine rings is 1. The molecule has 1 saturated carbocycles. The van der Waals surface area contributed by atoms with Crippen molar-refractivity contribution in [1.82, 2.24) is 50.3 Å². The number of fused-ring (bicyclic) bond motifs is 2. The molecule has 6 aliphatic heterocycles. The van der Waals surface area contributed by atoms with Crippen LogP contribution in [-0.2, 0) is 24.2 Å². The number of alkyl halides is 3. The van der Waals surface area contributed by atoms with Crippen LogP contribution in [-0.4, -0.2) is 162 Å². The Bertz CT molecular complexity index is 2830. The maximum Gasteiger partial charge on any atom is 1.00 e. The monoisotopic (exact) mass is 1140 g/mol. The van der Waals surface area contributed by atoms with Gasteiger partial charge in [0.15, 0.2) is 0 Å². The van der Waals surface area contributed by atoms with Crippen molar-refractivity contribution < 1.29 is 47.5 Å². The molecule has 1 spiro atoms. The van der Waals surface area contributed by atoms with Crippen LogP contribution in [0.15, 0.2) is 65.8 Å². The number of piperazine rings is 1. The van der Waals surface area contributed by atoms with Gasteiger partial charge in [0.1, 0.15) is 6.54 Å². The predicted molar refractivity (Wildman–Crippen MR) is 321 cm³/mol. The maximum atomic E-state index is 15.0. The van der Waals surface area contributed by atoms with E-state index in [2.05, 4.69) is 106 Å². The van der Waals surface area contributed by atoms with Gasteiger partial charge in [0.2, 0.25) is 5.91 Å². The first kappa shape index (κ1) is 61.8. The number of carbonyl (C=O) groups excluding carboxylic acids is 1. The van der Waals surface area contributed by atoms with E-state index in [1.165, 1.54) is 48.0 Å². The van der Waals surface area contributed by atoms with Crippen molar-refractivity contribution in [3.63, 3.8) is 0 Å². The van der Waals surface area contributed by atoms with Crippen molar-refractivity contribution in [1.29, 1.82) is 0 Å². The average Bonchev–Trinajstić information content (AvgIpc) is 4.55. The molecule has 13 nitrogen and oxygen atoms in total. The number of hydrazine groups is 1. The van der Waals surface area contributed by atoms with Crippen molar-refractivity contribution in [2.45, 2.75) is 155 Å². The van der Waals surface area contributed by atoms with Crippen LogP contribution in [0.4, 0.5) is 18.9 Å². The zero-order valence-corrected chi connectivity index (χ0v) is 52.5. The van der Waals surface area contributed by atoms with Crippen molar-refractivity contribution in [2.24, 2.45) is 27.7 Å². The molecule has 4 aromatic rings. The topological polar surface area (TPSA) is 122 Å². The summed E-state index contributed by atoms with van der Waals surface area (Å²) in [6.07, 6.45) is 13.9. The minimum absolute atomic E-state index is 0. The molecule has 9 heterocycles. The molecule has 436 valence electrons. The van der Waals surface area contributed by atoms with Gasteiger partial charge in [-0.2, -0.15) is 13.2 Å². The number of hydrogen-bond donors (Lipinski definition) is 3. The number of likely N-dealkylation sites (tertiary alicyclic amines) is 2. The molecule has 1 amide bonds. The van der Waals surface area contributed by atoms with E-state index in [0.717, 1.165) is 148 Å². The van der Waals surface area contributed by atoms with Crippen LogP contribution in [0.2, 0.25) is 0 Å². The first-order valence-corrected chi connectivity index (χ1v) is 30.9. The van der Waals surface area contributed by atoms with E-state index in [-0.39, 0.29) is 58.3 Å². The standard InChI is InChI=1S/C56H79F3N11OS.C7H11N.Na/c1-9-46-44(28-42(31-61-46)67-26-25-66-22-12-10-15-41(66)32-67)52-45(30-54(5,6)19-21-60-7)43-27-40(16-17-49(43)69(52)37-56(57,58)59)48-33-72-50(63-48)29-47(39(4)70-24-13-11-20-62-70)64-53(71)51(38(2)3)68-23-14-18-55(36-68)34-65(8)35-55;1-2-6-7(8-6)5-3-4-5;/h9,16-17,27-28,31,33,38,41,47,51,62H,4,7,10-15,18-26,29-30,32,34-37H2,1-3,5-6,8H3,(H,64,71);2,5-8H,1,3-4H2;/q-1;;+1. The van der Waals surface area contributed by atoms with Gasteiger partial charge in [-0.3, -0.25) is 19.6 Å². The smallest absolute Gasteiger partial charge is 0.369 e. The van der Waals surface area contributed by atoms with E-state index in [4.69, 9.17) is 9.97 Å². The number of nitrogens with zero attached hydrogens (tertiary/aromatic N) is 9. The Morgan fingerprint density at radius 2 is 1.83 bits per heavy atom. The average molecular weight is 1140 g/mol. The molecule has 6 saturated heterocycles. The molecule has 11 rings (SSSR count). The van der Waals surface area contributed by atoms with Crippen molar-refractivity contribution in [3.8, 4) is 22.5 Å². The predicted octanol–water partition coefficient (Wildman–Crippen LogP) is 7.42. The molecule has 0 radical (unpaired) electrons. The van der Waals surface area contributed by atoms with E-state index >= 15 is 13.2 Å².